The topological polar surface area (TPSA) is 45.7 Å². The Balaban J connectivity index is 1.72. The predicted molar refractivity (Wildman–Crippen MR) is 111 cm³/mol. The van der Waals surface area contributed by atoms with Crippen molar-refractivity contribution in [1.82, 2.24) is 14.8 Å². The van der Waals surface area contributed by atoms with Crippen LogP contribution in [0.15, 0.2) is 48.8 Å². The van der Waals surface area contributed by atoms with Crippen LogP contribution < -0.4 is 4.74 Å². The summed E-state index contributed by atoms with van der Waals surface area (Å²) in [6, 6.07) is 12.0. The van der Waals surface area contributed by atoms with Gasteiger partial charge in [-0.3, -0.25) is 14.7 Å². The van der Waals surface area contributed by atoms with Crippen molar-refractivity contribution >= 4 is 5.91 Å². The lowest BCUT2D eigenvalue weighted by molar-refractivity contribution is -0.137. The first-order valence-electron chi connectivity index (χ1n) is 10.2. The molecule has 0 bridgehead atoms. The molecule has 2 heterocycles. The number of ether oxygens (including phenoxy) is 1. The number of hydrogen-bond acceptors (Lipinski definition) is 4. The molecular formula is C23H31N3O2. The lowest BCUT2D eigenvalue weighted by Gasteiger charge is -2.31. The van der Waals surface area contributed by atoms with E-state index >= 15 is 0 Å². The molecule has 1 atom stereocenters. The van der Waals surface area contributed by atoms with E-state index in [1.165, 1.54) is 18.4 Å². The van der Waals surface area contributed by atoms with Crippen molar-refractivity contribution in [2.24, 2.45) is 0 Å². The molecule has 28 heavy (non-hydrogen) atoms. The molecule has 0 aliphatic carbocycles. The first-order valence-corrected chi connectivity index (χ1v) is 10.2. The van der Waals surface area contributed by atoms with Crippen molar-refractivity contribution in [2.45, 2.75) is 44.7 Å². The van der Waals surface area contributed by atoms with Gasteiger partial charge in [0.1, 0.15) is 5.75 Å². The molecule has 150 valence electrons. The summed E-state index contributed by atoms with van der Waals surface area (Å²) in [4.78, 5) is 21.9. The molecular weight excluding hydrogens is 350 g/mol. The molecule has 0 spiro atoms. The number of nitrogens with zero attached hydrogens (tertiary/aromatic N) is 3. The first-order chi connectivity index (χ1) is 13.7. The smallest absolute Gasteiger partial charge is 0.240 e. The Morgan fingerprint density at radius 1 is 1.18 bits per heavy atom. The molecule has 1 aromatic heterocycles. The quantitative estimate of drug-likeness (QED) is 0.736. The van der Waals surface area contributed by atoms with Crippen molar-refractivity contribution in [1.29, 1.82) is 0 Å². The van der Waals surface area contributed by atoms with Crippen molar-refractivity contribution in [3.05, 3.63) is 59.9 Å². The number of hydrogen-bond donors (Lipinski definition) is 0. The van der Waals surface area contributed by atoms with E-state index in [9.17, 15) is 4.79 Å². The number of pyridine rings is 1. The summed E-state index contributed by atoms with van der Waals surface area (Å²) in [5, 5.41) is 0. The van der Waals surface area contributed by atoms with Gasteiger partial charge in [-0.2, -0.15) is 0 Å². The van der Waals surface area contributed by atoms with Gasteiger partial charge >= 0.3 is 0 Å². The SMILES string of the molecule is COc1ccc(CCN(Cc2cccnc2)C(=O)C2CCCCCN2C)cc1. The van der Waals surface area contributed by atoms with E-state index in [0.29, 0.717) is 13.1 Å². The summed E-state index contributed by atoms with van der Waals surface area (Å²) in [5.41, 5.74) is 2.28. The van der Waals surface area contributed by atoms with Crippen LogP contribution in [-0.2, 0) is 17.8 Å². The second-order valence-corrected chi connectivity index (χ2v) is 7.56. The zero-order valence-electron chi connectivity index (χ0n) is 17.0. The highest BCUT2D eigenvalue weighted by molar-refractivity contribution is 5.82. The molecule has 1 fully saturated rings. The normalized spacial score (nSPS) is 17.7. The molecule has 1 unspecified atom stereocenters. The minimum atomic E-state index is -0.0185. The monoisotopic (exact) mass is 381 g/mol. The van der Waals surface area contributed by atoms with E-state index in [0.717, 1.165) is 37.1 Å². The molecule has 0 saturated carbocycles. The third-order valence-corrected chi connectivity index (χ3v) is 5.54. The Kier molecular flexibility index (Phi) is 7.43. The van der Waals surface area contributed by atoms with Crippen molar-refractivity contribution < 1.29 is 9.53 Å². The second-order valence-electron chi connectivity index (χ2n) is 7.56. The summed E-state index contributed by atoms with van der Waals surface area (Å²) >= 11 is 0. The van der Waals surface area contributed by atoms with Gasteiger partial charge in [-0.1, -0.05) is 31.0 Å². The number of benzene rings is 1. The Bertz CT molecular complexity index is 733. The molecule has 1 aromatic carbocycles. The fourth-order valence-corrected chi connectivity index (χ4v) is 3.81. The largest absolute Gasteiger partial charge is 0.497 e. The highest BCUT2D eigenvalue weighted by Gasteiger charge is 2.28. The number of amides is 1. The Morgan fingerprint density at radius 2 is 2.00 bits per heavy atom. The van der Waals surface area contributed by atoms with E-state index in [-0.39, 0.29) is 11.9 Å². The van der Waals surface area contributed by atoms with Crippen LogP contribution in [0.25, 0.3) is 0 Å². The maximum atomic E-state index is 13.4. The fourth-order valence-electron chi connectivity index (χ4n) is 3.81. The van der Waals surface area contributed by atoms with Gasteiger partial charge in [0, 0.05) is 25.5 Å². The number of rotatable bonds is 7. The fraction of sp³-hybridized carbons (Fsp3) is 0.478. The van der Waals surface area contributed by atoms with E-state index in [4.69, 9.17) is 4.74 Å². The Labute approximate surface area is 168 Å². The van der Waals surface area contributed by atoms with Crippen molar-refractivity contribution in [2.75, 3.05) is 27.2 Å². The van der Waals surface area contributed by atoms with E-state index in [1.807, 2.05) is 35.4 Å². The van der Waals surface area contributed by atoms with Crippen LogP contribution in [0.3, 0.4) is 0 Å². The third-order valence-electron chi connectivity index (χ3n) is 5.54. The maximum Gasteiger partial charge on any atom is 0.240 e. The van der Waals surface area contributed by atoms with Gasteiger partial charge in [0.15, 0.2) is 0 Å². The van der Waals surface area contributed by atoms with Crippen LogP contribution in [-0.4, -0.2) is 54.0 Å². The molecule has 5 nitrogen and oxygen atoms in total. The lowest BCUT2D eigenvalue weighted by atomic mass is 10.1. The van der Waals surface area contributed by atoms with Gasteiger partial charge in [-0.05, 0) is 62.2 Å². The van der Waals surface area contributed by atoms with Crippen LogP contribution in [0, 0.1) is 0 Å². The van der Waals surface area contributed by atoms with E-state index in [2.05, 4.69) is 29.1 Å². The minimum absolute atomic E-state index is 0.0185. The zero-order chi connectivity index (χ0) is 19.8. The predicted octanol–water partition coefficient (Wildman–Crippen LogP) is 3.54. The molecule has 1 aliphatic rings. The van der Waals surface area contributed by atoms with Gasteiger partial charge in [0.05, 0.1) is 13.2 Å². The number of likely N-dealkylation sites (N-methyl/N-ethyl adjacent to an activating group) is 1. The lowest BCUT2D eigenvalue weighted by Crippen LogP contribution is -2.47. The van der Waals surface area contributed by atoms with Crippen LogP contribution >= 0.6 is 0 Å². The average Bonchev–Trinajstić information content (AvgIpc) is 2.96. The minimum Gasteiger partial charge on any atom is -0.497 e. The van der Waals surface area contributed by atoms with Gasteiger partial charge in [-0.15, -0.1) is 0 Å². The molecule has 0 N–H and O–H groups in total. The number of aromatic nitrogens is 1. The first kappa shape index (κ1) is 20.3. The average molecular weight is 382 g/mol. The molecule has 1 saturated heterocycles. The summed E-state index contributed by atoms with van der Waals surface area (Å²) in [6.45, 7) is 2.30. The van der Waals surface area contributed by atoms with Crippen molar-refractivity contribution in [3.63, 3.8) is 0 Å². The zero-order valence-corrected chi connectivity index (χ0v) is 17.0. The van der Waals surface area contributed by atoms with Gasteiger partial charge in [0.25, 0.3) is 0 Å². The number of carbonyl (C=O) groups excluding carboxylic acids is 1. The molecule has 2 aromatic rings. The highest BCUT2D eigenvalue weighted by Crippen LogP contribution is 2.19. The molecule has 1 amide bonds. The molecule has 1 aliphatic heterocycles. The van der Waals surface area contributed by atoms with E-state index in [1.54, 1.807) is 13.3 Å². The Hall–Kier alpha value is -2.40. The number of carbonyl (C=O) groups is 1. The van der Waals surface area contributed by atoms with Crippen LogP contribution in [0.4, 0.5) is 0 Å². The maximum absolute atomic E-state index is 13.4. The van der Waals surface area contributed by atoms with Gasteiger partial charge in [-0.25, -0.2) is 0 Å². The molecule has 5 heteroatoms. The standard InChI is InChI=1S/C23H31N3O2/c1-25-15-5-3-4-8-22(25)23(27)26(18-20-7-6-14-24-17-20)16-13-19-9-11-21(28-2)12-10-19/h6-7,9-12,14,17,22H,3-5,8,13,15-16,18H2,1-2H3. The summed E-state index contributed by atoms with van der Waals surface area (Å²) < 4.78 is 5.24. The number of likely N-dealkylation sites (tertiary alicyclic amines) is 1. The summed E-state index contributed by atoms with van der Waals surface area (Å²) in [7, 11) is 3.76. The third kappa shape index (κ3) is 5.55. The van der Waals surface area contributed by atoms with Crippen LogP contribution in [0.2, 0.25) is 0 Å². The van der Waals surface area contributed by atoms with Gasteiger partial charge in [0.2, 0.25) is 5.91 Å². The van der Waals surface area contributed by atoms with E-state index < -0.39 is 0 Å². The van der Waals surface area contributed by atoms with Gasteiger partial charge < -0.3 is 9.64 Å². The second kappa shape index (κ2) is 10.2. The summed E-state index contributed by atoms with van der Waals surface area (Å²) in [5.74, 6) is 1.09. The Morgan fingerprint density at radius 3 is 2.71 bits per heavy atom. The van der Waals surface area contributed by atoms with Crippen LogP contribution in [0.5, 0.6) is 5.75 Å². The highest BCUT2D eigenvalue weighted by atomic mass is 16.5. The van der Waals surface area contributed by atoms with Crippen molar-refractivity contribution in [3.8, 4) is 5.75 Å². The van der Waals surface area contributed by atoms with Crippen LogP contribution in [0.1, 0.15) is 36.8 Å². The number of methoxy groups -OCH3 is 1. The molecule has 3 rings (SSSR count). The molecule has 0 radical (unpaired) electrons. The summed E-state index contributed by atoms with van der Waals surface area (Å²) in [6.07, 6.45) is 8.90.